The first-order chi connectivity index (χ1) is 6.83. The van der Waals surface area contributed by atoms with Crippen LogP contribution < -0.4 is 5.73 Å². The highest BCUT2D eigenvalue weighted by atomic mass is 16.1. The molecule has 4 nitrogen and oxygen atoms in total. The lowest BCUT2D eigenvalue weighted by molar-refractivity contribution is 0.111. The zero-order valence-electron chi connectivity index (χ0n) is 8.28. The molecule has 0 saturated heterocycles. The number of nitrogens with two attached hydrogens (primary N) is 1. The van der Waals surface area contributed by atoms with Gasteiger partial charge in [0.15, 0.2) is 12.1 Å². The second kappa shape index (κ2) is 6.32. The topological polar surface area (TPSA) is 71.8 Å². The molecule has 0 aromatic carbocycles. The minimum absolute atomic E-state index is 0.375. The van der Waals surface area contributed by atoms with Crippen molar-refractivity contribution >= 4 is 6.29 Å². The largest absolute Gasteiger partial charge is 0.342 e. The molecule has 4 heteroatoms. The molecule has 14 heavy (non-hydrogen) atoms. The number of nitrogens with one attached hydrogen (secondary N) is 1. The van der Waals surface area contributed by atoms with E-state index in [0.29, 0.717) is 18.2 Å². The summed E-state index contributed by atoms with van der Waals surface area (Å²) in [5.74, 6) is 0.375. The van der Waals surface area contributed by atoms with Crippen LogP contribution >= 0.6 is 0 Å². The van der Waals surface area contributed by atoms with Crippen LogP contribution in [0, 0.1) is 0 Å². The van der Waals surface area contributed by atoms with Crippen molar-refractivity contribution < 1.29 is 4.79 Å². The number of H-pyrrole nitrogens is 1. The first kappa shape index (κ1) is 10.9. The summed E-state index contributed by atoms with van der Waals surface area (Å²) < 4.78 is 0. The second-order valence-electron chi connectivity index (χ2n) is 3.49. The second-order valence-corrected chi connectivity index (χ2v) is 3.49. The van der Waals surface area contributed by atoms with Gasteiger partial charge in [0.25, 0.3) is 0 Å². The lowest BCUT2D eigenvalue weighted by Gasteiger charge is -2.15. The zero-order valence-corrected chi connectivity index (χ0v) is 8.28. The van der Waals surface area contributed by atoms with E-state index >= 15 is 0 Å². The van der Waals surface area contributed by atoms with Crippen LogP contribution in [0.3, 0.4) is 0 Å². The van der Waals surface area contributed by atoms with Crippen molar-refractivity contribution in [2.75, 3.05) is 0 Å². The maximum Gasteiger partial charge on any atom is 0.185 e. The molecule has 0 atom stereocenters. The molecule has 1 aromatic heterocycles. The van der Waals surface area contributed by atoms with Crippen molar-refractivity contribution in [1.29, 1.82) is 0 Å². The van der Waals surface area contributed by atoms with Crippen LogP contribution in [0.15, 0.2) is 12.4 Å². The van der Waals surface area contributed by atoms with Gasteiger partial charge in [-0.3, -0.25) is 4.79 Å². The van der Waals surface area contributed by atoms with Gasteiger partial charge in [0.2, 0.25) is 0 Å². The molecule has 0 radical (unpaired) electrons. The molecule has 1 heterocycles. The molecular formula is C10H17N3O. The fraction of sp³-hybridized carbons (Fsp3) is 0.600. The number of nitrogens with zero attached hydrogens (tertiary/aromatic N) is 1. The summed E-state index contributed by atoms with van der Waals surface area (Å²) in [7, 11) is 0. The standard InChI is InChI=1S/C6H13N.C4H4N2O/c7-6-4-2-1-3-5-6;7-3-4-5-1-2-6-4/h6H,1-5,7H2;1-3H,(H,5,6). The summed E-state index contributed by atoms with van der Waals surface area (Å²) >= 11 is 0. The number of aromatic amines is 1. The van der Waals surface area contributed by atoms with Crippen LogP contribution in [0.2, 0.25) is 0 Å². The highest BCUT2D eigenvalue weighted by Crippen LogP contribution is 2.14. The number of hydrogen-bond acceptors (Lipinski definition) is 3. The van der Waals surface area contributed by atoms with Gasteiger partial charge < -0.3 is 10.7 Å². The van der Waals surface area contributed by atoms with Crippen molar-refractivity contribution in [2.24, 2.45) is 5.73 Å². The van der Waals surface area contributed by atoms with Gasteiger partial charge >= 0.3 is 0 Å². The van der Waals surface area contributed by atoms with Crippen LogP contribution in [0.5, 0.6) is 0 Å². The van der Waals surface area contributed by atoms with Crippen molar-refractivity contribution in [3.8, 4) is 0 Å². The number of aldehydes is 1. The summed E-state index contributed by atoms with van der Waals surface area (Å²) in [5.41, 5.74) is 5.63. The van der Waals surface area contributed by atoms with Gasteiger partial charge in [-0.25, -0.2) is 4.98 Å². The maximum atomic E-state index is 9.77. The molecule has 0 spiro atoms. The minimum Gasteiger partial charge on any atom is -0.342 e. The Morgan fingerprint density at radius 2 is 2.14 bits per heavy atom. The average Bonchev–Trinajstić information content (AvgIpc) is 2.72. The molecule has 0 aliphatic heterocycles. The summed E-state index contributed by atoms with van der Waals surface area (Å²) in [6, 6.07) is 0.536. The molecule has 1 saturated carbocycles. The first-order valence-electron chi connectivity index (χ1n) is 5.03. The Morgan fingerprint density at radius 1 is 1.43 bits per heavy atom. The summed E-state index contributed by atoms with van der Waals surface area (Å²) in [6.45, 7) is 0. The van der Waals surface area contributed by atoms with E-state index in [0.717, 1.165) is 0 Å². The number of hydrogen-bond donors (Lipinski definition) is 2. The van der Waals surface area contributed by atoms with E-state index in [1.807, 2.05) is 0 Å². The first-order valence-corrected chi connectivity index (χ1v) is 5.03. The highest BCUT2D eigenvalue weighted by Gasteiger charge is 2.06. The molecule has 0 amide bonds. The van der Waals surface area contributed by atoms with Gasteiger partial charge in [-0.05, 0) is 12.8 Å². The van der Waals surface area contributed by atoms with Crippen LogP contribution in [0.4, 0.5) is 0 Å². The molecule has 0 unspecified atom stereocenters. The van der Waals surface area contributed by atoms with E-state index in [1.54, 1.807) is 6.20 Å². The molecule has 1 aliphatic rings. The van der Waals surface area contributed by atoms with E-state index in [1.165, 1.54) is 38.3 Å². The fourth-order valence-corrected chi connectivity index (χ4v) is 1.48. The lowest BCUT2D eigenvalue weighted by atomic mass is 9.97. The Bertz CT molecular complexity index is 240. The normalized spacial score (nSPS) is 16.9. The molecule has 2 rings (SSSR count). The van der Waals surface area contributed by atoms with Crippen LogP contribution in [-0.2, 0) is 0 Å². The Kier molecular flexibility index (Phi) is 4.93. The molecule has 3 N–H and O–H groups in total. The average molecular weight is 195 g/mol. The van der Waals surface area contributed by atoms with Gasteiger partial charge in [-0.2, -0.15) is 0 Å². The maximum absolute atomic E-state index is 9.77. The van der Waals surface area contributed by atoms with Crippen molar-refractivity contribution in [1.82, 2.24) is 9.97 Å². The predicted molar refractivity (Wildman–Crippen MR) is 55.0 cm³/mol. The SMILES string of the molecule is NC1CCCCC1.O=Cc1ncc[nH]1. The molecule has 0 bridgehead atoms. The monoisotopic (exact) mass is 195 g/mol. The number of carbonyl (C=O) groups is 1. The Balaban J connectivity index is 0.000000140. The highest BCUT2D eigenvalue weighted by molar-refractivity contribution is 5.68. The Hall–Kier alpha value is -1.16. The molecular weight excluding hydrogens is 178 g/mol. The van der Waals surface area contributed by atoms with Crippen molar-refractivity contribution in [3.63, 3.8) is 0 Å². The third-order valence-corrected chi connectivity index (χ3v) is 2.28. The van der Waals surface area contributed by atoms with Crippen LogP contribution in [0.25, 0.3) is 0 Å². The number of rotatable bonds is 1. The quantitative estimate of drug-likeness (QED) is 0.667. The Labute approximate surface area is 83.9 Å². The smallest absolute Gasteiger partial charge is 0.185 e. The number of carbonyl (C=O) groups excluding carboxylic acids is 1. The van der Waals surface area contributed by atoms with Gasteiger partial charge in [0.05, 0.1) is 0 Å². The van der Waals surface area contributed by atoms with E-state index in [2.05, 4.69) is 9.97 Å². The van der Waals surface area contributed by atoms with Gasteiger partial charge in [0, 0.05) is 18.4 Å². The molecule has 1 fully saturated rings. The molecule has 1 aliphatic carbocycles. The number of aromatic nitrogens is 2. The third-order valence-electron chi connectivity index (χ3n) is 2.28. The van der Waals surface area contributed by atoms with E-state index in [9.17, 15) is 4.79 Å². The van der Waals surface area contributed by atoms with Gasteiger partial charge in [-0.1, -0.05) is 19.3 Å². The fourth-order valence-electron chi connectivity index (χ4n) is 1.48. The minimum atomic E-state index is 0.375. The third kappa shape index (κ3) is 4.18. The van der Waals surface area contributed by atoms with E-state index < -0.39 is 0 Å². The zero-order chi connectivity index (χ0) is 10.2. The van der Waals surface area contributed by atoms with E-state index in [4.69, 9.17) is 5.73 Å². The lowest BCUT2D eigenvalue weighted by Crippen LogP contribution is -2.22. The van der Waals surface area contributed by atoms with Gasteiger partial charge in [0.1, 0.15) is 0 Å². The van der Waals surface area contributed by atoms with Gasteiger partial charge in [-0.15, -0.1) is 0 Å². The molecule has 78 valence electrons. The summed E-state index contributed by atoms with van der Waals surface area (Å²) in [4.78, 5) is 16.0. The predicted octanol–water partition coefficient (Wildman–Crippen LogP) is 1.50. The van der Waals surface area contributed by atoms with Crippen molar-refractivity contribution in [3.05, 3.63) is 18.2 Å². The van der Waals surface area contributed by atoms with Crippen molar-refractivity contribution in [2.45, 2.75) is 38.1 Å². The summed E-state index contributed by atoms with van der Waals surface area (Å²) in [6.07, 6.45) is 10.5. The number of imidazole rings is 1. The van der Waals surface area contributed by atoms with Crippen LogP contribution in [-0.4, -0.2) is 22.3 Å². The molecule has 1 aromatic rings. The van der Waals surface area contributed by atoms with E-state index in [-0.39, 0.29) is 0 Å². The van der Waals surface area contributed by atoms with Crippen LogP contribution in [0.1, 0.15) is 42.7 Å². The summed E-state index contributed by atoms with van der Waals surface area (Å²) in [5, 5.41) is 0. The Morgan fingerprint density at radius 3 is 2.43 bits per heavy atom.